The minimum absolute atomic E-state index is 0. The SMILES string of the molecule is CCNC(=NCCNC(=O)c1ccco1)NCCSc1ccccc1.I. The van der Waals surface area contributed by atoms with Crippen LogP contribution in [-0.4, -0.2) is 43.8 Å². The lowest BCUT2D eigenvalue weighted by Gasteiger charge is -2.11. The number of rotatable bonds is 9. The van der Waals surface area contributed by atoms with Gasteiger partial charge in [-0.2, -0.15) is 0 Å². The molecule has 3 N–H and O–H groups in total. The molecular weight excluding hydrogens is 463 g/mol. The fourth-order valence-corrected chi connectivity index (χ4v) is 2.82. The van der Waals surface area contributed by atoms with Gasteiger partial charge in [0.15, 0.2) is 11.7 Å². The van der Waals surface area contributed by atoms with Gasteiger partial charge in [-0.3, -0.25) is 9.79 Å². The summed E-state index contributed by atoms with van der Waals surface area (Å²) in [5.74, 6) is 1.79. The minimum atomic E-state index is -0.225. The van der Waals surface area contributed by atoms with Gasteiger partial charge in [0.25, 0.3) is 5.91 Å². The molecule has 142 valence electrons. The molecule has 2 rings (SSSR count). The van der Waals surface area contributed by atoms with E-state index in [1.165, 1.54) is 11.2 Å². The Morgan fingerprint density at radius 2 is 1.88 bits per heavy atom. The molecule has 6 nitrogen and oxygen atoms in total. The van der Waals surface area contributed by atoms with Crippen LogP contribution in [0.5, 0.6) is 0 Å². The lowest BCUT2D eigenvalue weighted by molar-refractivity contribution is 0.0927. The molecule has 0 aliphatic rings. The molecule has 1 heterocycles. The molecule has 0 spiro atoms. The lowest BCUT2D eigenvalue weighted by atomic mass is 10.4. The number of carbonyl (C=O) groups excluding carboxylic acids is 1. The monoisotopic (exact) mass is 488 g/mol. The number of hydrogen-bond acceptors (Lipinski definition) is 4. The van der Waals surface area contributed by atoms with Crippen LogP contribution in [-0.2, 0) is 0 Å². The Kier molecular flexibility index (Phi) is 11.6. The van der Waals surface area contributed by atoms with Crippen LogP contribution in [0.15, 0.2) is 63.0 Å². The zero-order valence-corrected chi connectivity index (χ0v) is 17.9. The number of furan rings is 1. The average molecular weight is 488 g/mol. The van der Waals surface area contributed by atoms with Gasteiger partial charge in [-0.15, -0.1) is 35.7 Å². The molecular formula is C18H25IN4O2S. The predicted octanol–water partition coefficient (Wildman–Crippen LogP) is 2.97. The van der Waals surface area contributed by atoms with E-state index < -0.39 is 0 Å². The highest BCUT2D eigenvalue weighted by atomic mass is 127. The Bertz CT molecular complexity index is 650. The standard InChI is InChI=1S/C18H24N4O2S.HI/c1-2-19-18(22-12-14-25-15-7-4-3-5-8-15)21-11-10-20-17(23)16-9-6-13-24-16;/h3-9,13H,2,10-12,14H2,1H3,(H,20,23)(H2,19,21,22);1H. The van der Waals surface area contributed by atoms with Crippen LogP contribution in [0.3, 0.4) is 0 Å². The van der Waals surface area contributed by atoms with Crippen LogP contribution < -0.4 is 16.0 Å². The number of hydrogen-bond donors (Lipinski definition) is 3. The molecule has 8 heteroatoms. The van der Waals surface area contributed by atoms with Crippen LogP contribution in [0.1, 0.15) is 17.5 Å². The molecule has 0 aliphatic carbocycles. The predicted molar refractivity (Wildman–Crippen MR) is 118 cm³/mol. The van der Waals surface area contributed by atoms with E-state index in [4.69, 9.17) is 4.42 Å². The number of guanidine groups is 1. The van der Waals surface area contributed by atoms with Crippen molar-refractivity contribution in [3.05, 3.63) is 54.5 Å². The van der Waals surface area contributed by atoms with Crippen LogP contribution in [0.4, 0.5) is 0 Å². The van der Waals surface area contributed by atoms with E-state index in [9.17, 15) is 4.79 Å². The first-order valence-corrected chi connectivity index (χ1v) is 9.30. The molecule has 0 atom stereocenters. The molecule has 26 heavy (non-hydrogen) atoms. The van der Waals surface area contributed by atoms with Crippen molar-refractivity contribution in [2.45, 2.75) is 11.8 Å². The topological polar surface area (TPSA) is 78.7 Å². The first-order valence-electron chi connectivity index (χ1n) is 8.31. The van der Waals surface area contributed by atoms with Crippen LogP contribution in [0, 0.1) is 0 Å². The fraction of sp³-hybridized carbons (Fsp3) is 0.333. The zero-order valence-electron chi connectivity index (χ0n) is 14.7. The molecule has 1 aromatic carbocycles. The van der Waals surface area contributed by atoms with Gasteiger partial charge < -0.3 is 20.4 Å². The van der Waals surface area contributed by atoms with Gasteiger partial charge in [0.2, 0.25) is 0 Å². The molecule has 1 aromatic heterocycles. The third-order valence-electron chi connectivity index (χ3n) is 3.16. The largest absolute Gasteiger partial charge is 0.459 e. The van der Waals surface area contributed by atoms with Crippen molar-refractivity contribution in [1.29, 1.82) is 0 Å². The minimum Gasteiger partial charge on any atom is -0.459 e. The summed E-state index contributed by atoms with van der Waals surface area (Å²) in [5.41, 5.74) is 0. The van der Waals surface area contributed by atoms with Gasteiger partial charge in [0, 0.05) is 30.3 Å². The summed E-state index contributed by atoms with van der Waals surface area (Å²) in [5, 5.41) is 9.26. The maximum atomic E-state index is 11.7. The second-order valence-electron chi connectivity index (χ2n) is 5.08. The smallest absolute Gasteiger partial charge is 0.287 e. The number of carbonyl (C=O) groups is 1. The summed E-state index contributed by atoms with van der Waals surface area (Å²) in [4.78, 5) is 17.4. The molecule has 0 fully saturated rings. The highest BCUT2D eigenvalue weighted by Crippen LogP contribution is 2.15. The van der Waals surface area contributed by atoms with E-state index in [0.29, 0.717) is 18.8 Å². The molecule has 1 amide bonds. The Morgan fingerprint density at radius 3 is 2.58 bits per heavy atom. The van der Waals surface area contributed by atoms with Crippen molar-refractivity contribution in [3.8, 4) is 0 Å². The number of amides is 1. The maximum absolute atomic E-state index is 11.7. The van der Waals surface area contributed by atoms with Gasteiger partial charge in [-0.05, 0) is 31.2 Å². The molecule has 2 aromatic rings. The van der Waals surface area contributed by atoms with Gasteiger partial charge in [-0.1, -0.05) is 18.2 Å². The number of thioether (sulfide) groups is 1. The second-order valence-corrected chi connectivity index (χ2v) is 6.25. The maximum Gasteiger partial charge on any atom is 0.287 e. The quantitative estimate of drug-likeness (QED) is 0.166. The molecule has 0 unspecified atom stereocenters. The van der Waals surface area contributed by atoms with Gasteiger partial charge in [-0.25, -0.2) is 0 Å². The van der Waals surface area contributed by atoms with E-state index in [1.54, 1.807) is 23.9 Å². The van der Waals surface area contributed by atoms with Gasteiger partial charge in [0.1, 0.15) is 0 Å². The summed E-state index contributed by atoms with van der Waals surface area (Å²) in [6, 6.07) is 13.6. The molecule has 0 bridgehead atoms. The van der Waals surface area contributed by atoms with Crippen molar-refractivity contribution >= 4 is 47.6 Å². The summed E-state index contributed by atoms with van der Waals surface area (Å²) < 4.78 is 5.04. The van der Waals surface area contributed by atoms with Crippen molar-refractivity contribution < 1.29 is 9.21 Å². The molecule has 0 saturated carbocycles. The van der Waals surface area contributed by atoms with Crippen LogP contribution in [0.25, 0.3) is 0 Å². The van der Waals surface area contributed by atoms with E-state index in [-0.39, 0.29) is 29.9 Å². The lowest BCUT2D eigenvalue weighted by Crippen LogP contribution is -2.39. The fourth-order valence-electron chi connectivity index (χ4n) is 2.03. The third kappa shape index (κ3) is 8.61. The summed E-state index contributed by atoms with van der Waals surface area (Å²) in [7, 11) is 0. The second kappa shape index (κ2) is 13.5. The van der Waals surface area contributed by atoms with Gasteiger partial charge >= 0.3 is 0 Å². The molecule has 0 radical (unpaired) electrons. The highest BCUT2D eigenvalue weighted by molar-refractivity contribution is 14.0. The number of nitrogens with one attached hydrogen (secondary N) is 3. The van der Waals surface area contributed by atoms with E-state index in [2.05, 4.69) is 33.1 Å². The Labute approximate surface area is 175 Å². The molecule has 0 aliphatic heterocycles. The normalized spacial score (nSPS) is 10.7. The van der Waals surface area contributed by atoms with Crippen LogP contribution >= 0.6 is 35.7 Å². The van der Waals surface area contributed by atoms with Crippen molar-refractivity contribution in [2.24, 2.45) is 4.99 Å². The Balaban J connectivity index is 0.00000338. The number of halogens is 1. The van der Waals surface area contributed by atoms with E-state index in [0.717, 1.165) is 24.8 Å². The average Bonchev–Trinajstić information content (AvgIpc) is 3.17. The van der Waals surface area contributed by atoms with E-state index in [1.807, 2.05) is 25.1 Å². The number of benzene rings is 1. The highest BCUT2D eigenvalue weighted by Gasteiger charge is 2.06. The molecule has 0 saturated heterocycles. The zero-order chi connectivity index (χ0) is 17.7. The summed E-state index contributed by atoms with van der Waals surface area (Å²) >= 11 is 1.80. The Hall–Kier alpha value is -1.68. The van der Waals surface area contributed by atoms with Crippen LogP contribution in [0.2, 0.25) is 0 Å². The van der Waals surface area contributed by atoms with Crippen molar-refractivity contribution in [2.75, 3.05) is 31.9 Å². The summed E-state index contributed by atoms with van der Waals surface area (Å²) in [6.07, 6.45) is 1.48. The first-order chi connectivity index (χ1) is 12.3. The first kappa shape index (κ1) is 22.4. The van der Waals surface area contributed by atoms with Crippen molar-refractivity contribution in [3.63, 3.8) is 0 Å². The van der Waals surface area contributed by atoms with Crippen molar-refractivity contribution in [1.82, 2.24) is 16.0 Å². The number of aliphatic imine (C=N–C) groups is 1. The Morgan fingerprint density at radius 1 is 1.08 bits per heavy atom. The third-order valence-corrected chi connectivity index (χ3v) is 4.18. The number of nitrogens with zero attached hydrogens (tertiary/aromatic N) is 1. The van der Waals surface area contributed by atoms with Gasteiger partial charge in [0.05, 0.1) is 12.8 Å². The van der Waals surface area contributed by atoms with E-state index >= 15 is 0 Å². The summed E-state index contributed by atoms with van der Waals surface area (Å²) in [6.45, 7) is 4.57.